The van der Waals surface area contributed by atoms with Crippen LogP contribution in [0.15, 0.2) is 30.3 Å². The summed E-state index contributed by atoms with van der Waals surface area (Å²) in [6.45, 7) is 5.09. The number of thiophene rings is 1. The molecule has 1 unspecified atom stereocenters. The summed E-state index contributed by atoms with van der Waals surface area (Å²) in [5, 5.41) is 6.28. The lowest BCUT2D eigenvalue weighted by Gasteiger charge is -2.33. The number of aromatic nitrogens is 2. The van der Waals surface area contributed by atoms with Crippen LogP contribution < -0.4 is 0 Å². The zero-order valence-electron chi connectivity index (χ0n) is 16.8. The van der Waals surface area contributed by atoms with Crippen LogP contribution in [0.5, 0.6) is 0 Å². The Morgan fingerprint density at radius 3 is 2.90 bits per heavy atom. The predicted molar refractivity (Wildman–Crippen MR) is 122 cm³/mol. The van der Waals surface area contributed by atoms with Crippen LogP contribution in [-0.2, 0) is 16.1 Å². The summed E-state index contributed by atoms with van der Waals surface area (Å²) < 4.78 is 7.08. The molecular weight excluding hydrogens is 442 g/mol. The summed E-state index contributed by atoms with van der Waals surface area (Å²) >= 11 is 9.39. The van der Waals surface area contributed by atoms with Gasteiger partial charge in [0, 0.05) is 28.5 Å². The van der Waals surface area contributed by atoms with Crippen molar-refractivity contribution in [2.75, 3.05) is 24.7 Å². The van der Waals surface area contributed by atoms with Crippen LogP contribution in [0.2, 0.25) is 5.02 Å². The number of carbonyl (C=O) groups is 2. The van der Waals surface area contributed by atoms with E-state index in [1.165, 1.54) is 11.3 Å². The molecule has 2 aromatic heterocycles. The lowest BCUT2D eigenvalue weighted by molar-refractivity contribution is -0.147. The van der Waals surface area contributed by atoms with Crippen LogP contribution >= 0.6 is 34.7 Å². The van der Waals surface area contributed by atoms with Crippen LogP contribution in [0.3, 0.4) is 0 Å². The van der Waals surface area contributed by atoms with Gasteiger partial charge < -0.3 is 9.64 Å². The number of ether oxygens (including phenoxy) is 1. The molecule has 30 heavy (non-hydrogen) atoms. The number of rotatable bonds is 5. The predicted octanol–water partition coefficient (Wildman–Crippen LogP) is 4.23. The largest absolute Gasteiger partial charge is 0.464 e. The third kappa shape index (κ3) is 4.08. The Kier molecular flexibility index (Phi) is 6.36. The molecule has 158 valence electrons. The van der Waals surface area contributed by atoms with Crippen LogP contribution in [0, 0.1) is 6.92 Å². The fourth-order valence-electron chi connectivity index (χ4n) is 3.54. The van der Waals surface area contributed by atoms with E-state index in [-0.39, 0.29) is 11.9 Å². The molecule has 1 atom stereocenters. The van der Waals surface area contributed by atoms with E-state index in [1.54, 1.807) is 23.6 Å². The number of esters is 1. The molecule has 1 aromatic carbocycles. The smallest absolute Gasteiger partial charge is 0.329 e. The fourth-order valence-corrected chi connectivity index (χ4v) is 5.88. The Morgan fingerprint density at radius 2 is 2.13 bits per heavy atom. The van der Waals surface area contributed by atoms with Crippen molar-refractivity contribution in [2.45, 2.75) is 26.4 Å². The zero-order valence-corrected chi connectivity index (χ0v) is 19.1. The Morgan fingerprint density at radius 1 is 1.33 bits per heavy atom. The van der Waals surface area contributed by atoms with E-state index in [1.807, 2.05) is 41.9 Å². The molecule has 9 heteroatoms. The molecule has 3 aromatic rings. The Balaban J connectivity index is 1.64. The van der Waals surface area contributed by atoms with Crippen LogP contribution in [0.4, 0.5) is 0 Å². The van der Waals surface area contributed by atoms with Gasteiger partial charge in [-0.05, 0) is 31.5 Å². The molecule has 0 N–H and O–H groups in total. The summed E-state index contributed by atoms with van der Waals surface area (Å²) in [7, 11) is 0. The summed E-state index contributed by atoms with van der Waals surface area (Å²) in [4.78, 5) is 28.8. The van der Waals surface area contributed by atoms with Crippen molar-refractivity contribution in [3.05, 3.63) is 51.5 Å². The third-order valence-corrected chi connectivity index (χ3v) is 7.57. The highest BCUT2D eigenvalue weighted by Crippen LogP contribution is 2.31. The number of aryl methyl sites for hydroxylation is 1. The van der Waals surface area contributed by atoms with Gasteiger partial charge in [0.15, 0.2) is 0 Å². The number of amides is 1. The van der Waals surface area contributed by atoms with Gasteiger partial charge in [-0.3, -0.25) is 9.48 Å². The number of benzene rings is 1. The summed E-state index contributed by atoms with van der Waals surface area (Å²) in [6, 6.07) is 9.02. The SMILES string of the molecule is CCOC(=O)C1CSCCN1C(=O)c1cc2c(C)nn(Cc3ccccc3Cl)c2s1. The molecule has 1 aliphatic rings. The average Bonchev–Trinajstić information content (AvgIpc) is 3.30. The number of nitrogens with zero attached hydrogens (tertiary/aromatic N) is 3. The van der Waals surface area contributed by atoms with Crippen molar-refractivity contribution < 1.29 is 14.3 Å². The fraction of sp³-hybridized carbons (Fsp3) is 0.381. The second-order valence-electron chi connectivity index (χ2n) is 7.01. The third-order valence-electron chi connectivity index (χ3n) is 5.04. The normalized spacial score (nSPS) is 16.8. The van der Waals surface area contributed by atoms with Gasteiger partial charge in [0.05, 0.1) is 23.7 Å². The van der Waals surface area contributed by atoms with Crippen molar-refractivity contribution in [1.29, 1.82) is 0 Å². The minimum Gasteiger partial charge on any atom is -0.464 e. The van der Waals surface area contributed by atoms with Crippen molar-refractivity contribution in [3.63, 3.8) is 0 Å². The van der Waals surface area contributed by atoms with E-state index in [9.17, 15) is 9.59 Å². The monoisotopic (exact) mass is 463 g/mol. The van der Waals surface area contributed by atoms with E-state index in [2.05, 4.69) is 5.10 Å². The summed E-state index contributed by atoms with van der Waals surface area (Å²) in [6.07, 6.45) is 0. The van der Waals surface area contributed by atoms with Gasteiger partial charge in [0.25, 0.3) is 5.91 Å². The average molecular weight is 464 g/mol. The van der Waals surface area contributed by atoms with Crippen molar-refractivity contribution in [3.8, 4) is 0 Å². The molecule has 0 aliphatic carbocycles. The van der Waals surface area contributed by atoms with E-state index in [0.717, 1.165) is 27.2 Å². The number of hydrogen-bond acceptors (Lipinski definition) is 6. The Hall–Kier alpha value is -2.03. The highest BCUT2D eigenvalue weighted by molar-refractivity contribution is 7.99. The zero-order chi connectivity index (χ0) is 21.3. The van der Waals surface area contributed by atoms with Gasteiger partial charge in [-0.15, -0.1) is 11.3 Å². The molecule has 0 radical (unpaired) electrons. The number of thioether (sulfide) groups is 1. The second-order valence-corrected chi connectivity index (χ2v) is 9.59. The molecule has 3 heterocycles. The van der Waals surface area contributed by atoms with Crippen molar-refractivity contribution in [2.24, 2.45) is 0 Å². The van der Waals surface area contributed by atoms with Gasteiger partial charge in [-0.2, -0.15) is 16.9 Å². The number of carbonyl (C=O) groups excluding carboxylic acids is 2. The number of hydrogen-bond donors (Lipinski definition) is 0. The van der Waals surface area contributed by atoms with Gasteiger partial charge in [0.2, 0.25) is 0 Å². The molecule has 1 saturated heterocycles. The summed E-state index contributed by atoms with van der Waals surface area (Å²) in [5.74, 6) is 0.916. The molecule has 6 nitrogen and oxygen atoms in total. The van der Waals surface area contributed by atoms with Crippen LogP contribution in [0.1, 0.15) is 27.9 Å². The first-order valence-electron chi connectivity index (χ1n) is 9.75. The molecule has 1 amide bonds. The topological polar surface area (TPSA) is 64.4 Å². The first-order chi connectivity index (χ1) is 14.5. The van der Waals surface area contributed by atoms with Gasteiger partial charge in [-0.1, -0.05) is 29.8 Å². The first-order valence-corrected chi connectivity index (χ1v) is 12.1. The maximum atomic E-state index is 13.3. The minimum absolute atomic E-state index is 0.127. The molecule has 1 fully saturated rings. The van der Waals surface area contributed by atoms with Crippen molar-refractivity contribution >= 4 is 56.8 Å². The molecule has 1 aliphatic heterocycles. The number of halogens is 1. The second kappa shape index (κ2) is 8.99. The highest BCUT2D eigenvalue weighted by atomic mass is 35.5. The lowest BCUT2D eigenvalue weighted by Crippen LogP contribution is -2.50. The van der Waals surface area contributed by atoms with Gasteiger partial charge in [-0.25, -0.2) is 4.79 Å². The highest BCUT2D eigenvalue weighted by Gasteiger charge is 2.35. The maximum absolute atomic E-state index is 13.3. The van der Waals surface area contributed by atoms with Crippen LogP contribution in [-0.4, -0.2) is 57.3 Å². The summed E-state index contributed by atoms with van der Waals surface area (Å²) in [5.41, 5.74) is 1.84. The minimum atomic E-state index is -0.540. The van der Waals surface area contributed by atoms with E-state index in [0.29, 0.717) is 35.3 Å². The van der Waals surface area contributed by atoms with Crippen LogP contribution in [0.25, 0.3) is 10.2 Å². The first kappa shape index (κ1) is 21.2. The van der Waals surface area contributed by atoms with E-state index < -0.39 is 6.04 Å². The van der Waals surface area contributed by atoms with Crippen molar-refractivity contribution in [1.82, 2.24) is 14.7 Å². The quantitative estimate of drug-likeness (QED) is 0.530. The molecule has 0 saturated carbocycles. The standard InChI is InChI=1S/C21H22ClN3O3S2/c1-3-28-21(27)17-12-29-9-8-24(17)19(26)18-10-15-13(2)23-25(20(15)30-18)11-14-6-4-5-7-16(14)22/h4-7,10,17H,3,8-9,11-12H2,1-2H3. The number of fused-ring (bicyclic) bond motifs is 1. The van der Waals surface area contributed by atoms with Gasteiger partial charge >= 0.3 is 5.97 Å². The Labute approximate surface area is 188 Å². The molecular formula is C21H22ClN3O3S2. The lowest BCUT2D eigenvalue weighted by atomic mass is 10.2. The van der Waals surface area contributed by atoms with E-state index >= 15 is 0 Å². The molecule has 4 rings (SSSR count). The molecule has 0 spiro atoms. The maximum Gasteiger partial charge on any atom is 0.329 e. The molecule has 0 bridgehead atoms. The Bertz CT molecular complexity index is 1090. The van der Waals surface area contributed by atoms with Gasteiger partial charge in [0.1, 0.15) is 10.9 Å². The van der Waals surface area contributed by atoms with E-state index in [4.69, 9.17) is 16.3 Å².